The molecule has 1 aromatic rings. The highest BCUT2D eigenvalue weighted by molar-refractivity contribution is 6.77. The fraction of sp³-hybridized carbons (Fsp3) is 0.760. The first-order chi connectivity index (χ1) is 14.8. The molecule has 2 heterocycles. The maximum Gasteiger partial charge on any atom is 0.410 e. The van der Waals surface area contributed by atoms with Crippen LogP contribution in [-0.2, 0) is 15.8 Å². The lowest BCUT2D eigenvalue weighted by atomic mass is 10.1. The molecule has 1 amide bonds. The molecule has 0 aromatic carbocycles. The average molecular weight is 465 g/mol. The van der Waals surface area contributed by atoms with Gasteiger partial charge in [0.25, 0.3) is 0 Å². The summed E-state index contributed by atoms with van der Waals surface area (Å²) in [7, 11) is -1.92. The number of hydrogen-bond donors (Lipinski definition) is 0. The van der Waals surface area contributed by atoms with Gasteiger partial charge in [-0.1, -0.05) is 41.5 Å². The molecule has 1 fully saturated rings. The van der Waals surface area contributed by atoms with Gasteiger partial charge in [-0.25, -0.2) is 9.78 Å². The number of amides is 1. The van der Waals surface area contributed by atoms with Crippen molar-refractivity contribution >= 4 is 14.4 Å². The molecule has 0 unspecified atom stereocenters. The summed E-state index contributed by atoms with van der Waals surface area (Å²) in [6, 6.07) is 4.01. The Morgan fingerprint density at radius 2 is 1.66 bits per heavy atom. The van der Waals surface area contributed by atoms with Gasteiger partial charge in [0.1, 0.15) is 11.7 Å². The van der Waals surface area contributed by atoms with Crippen LogP contribution in [0.4, 0.5) is 4.79 Å². The number of aromatic nitrogens is 1. The Kier molecular flexibility index (Phi) is 9.17. The Bertz CT molecular complexity index is 716. The molecule has 1 saturated heterocycles. The Hall–Kier alpha value is -1.60. The van der Waals surface area contributed by atoms with Crippen molar-refractivity contribution in [3.05, 3.63) is 23.9 Å². The van der Waals surface area contributed by atoms with E-state index in [1.807, 2.05) is 32.9 Å². The normalized spacial score (nSPS) is 16.2. The first-order valence-corrected chi connectivity index (χ1v) is 14.2. The highest BCUT2D eigenvalue weighted by atomic mass is 28.4. The minimum Gasteiger partial charge on any atom is -0.474 e. The molecule has 7 heteroatoms. The molecular formula is C25H44N2O4Si. The van der Waals surface area contributed by atoms with E-state index < -0.39 is 13.9 Å². The number of carbonyl (C=O) groups excluding carboxylic acids is 1. The van der Waals surface area contributed by atoms with Gasteiger partial charge >= 0.3 is 6.09 Å². The minimum absolute atomic E-state index is 0.0489. The van der Waals surface area contributed by atoms with Crippen molar-refractivity contribution in [3.8, 4) is 5.88 Å². The monoisotopic (exact) mass is 464 g/mol. The van der Waals surface area contributed by atoms with Gasteiger partial charge in [-0.05, 0) is 49.0 Å². The van der Waals surface area contributed by atoms with Crippen LogP contribution in [0.1, 0.15) is 80.7 Å². The summed E-state index contributed by atoms with van der Waals surface area (Å²) in [6.07, 6.45) is 3.14. The Morgan fingerprint density at radius 3 is 2.16 bits per heavy atom. The van der Waals surface area contributed by atoms with Gasteiger partial charge in [-0.15, -0.1) is 0 Å². The summed E-state index contributed by atoms with van der Waals surface area (Å²) in [5.41, 5.74) is 2.28. The summed E-state index contributed by atoms with van der Waals surface area (Å²) in [5.74, 6) is 0.632. The standard InChI is InChI=1S/C25H44N2O4Si/c1-18(2)32(19(3)4,20(5)6)29-17-21-10-13-26-23(16-21)30-22-11-14-27(15-12-22)24(28)31-25(7,8)9/h10,13,16,18-20,22H,11-12,14-15,17H2,1-9H3. The first kappa shape index (κ1) is 26.6. The zero-order valence-corrected chi connectivity index (χ0v) is 22.6. The van der Waals surface area contributed by atoms with Crippen LogP contribution >= 0.6 is 0 Å². The van der Waals surface area contributed by atoms with Crippen LogP contribution in [0.15, 0.2) is 18.3 Å². The second-order valence-corrected chi connectivity index (χ2v) is 16.4. The third-order valence-electron chi connectivity index (χ3n) is 6.38. The quantitative estimate of drug-likeness (QED) is 0.408. The lowest BCUT2D eigenvalue weighted by molar-refractivity contribution is 0.0123. The SMILES string of the molecule is CC(C)[Si](OCc1ccnc(OC2CCN(C(=O)OC(C)(C)C)CC2)c1)(C(C)C)C(C)C. The fourth-order valence-electron chi connectivity index (χ4n) is 4.97. The van der Waals surface area contributed by atoms with Gasteiger partial charge < -0.3 is 18.8 Å². The zero-order valence-electron chi connectivity index (χ0n) is 21.6. The molecular weight excluding hydrogens is 420 g/mol. The van der Waals surface area contributed by atoms with Crippen molar-refractivity contribution in [3.63, 3.8) is 0 Å². The van der Waals surface area contributed by atoms with E-state index in [1.54, 1.807) is 11.1 Å². The number of ether oxygens (including phenoxy) is 2. The van der Waals surface area contributed by atoms with E-state index in [4.69, 9.17) is 13.9 Å². The topological polar surface area (TPSA) is 60.9 Å². The second-order valence-electron chi connectivity index (χ2n) is 10.9. The van der Waals surface area contributed by atoms with E-state index >= 15 is 0 Å². The van der Waals surface area contributed by atoms with Crippen LogP contribution in [-0.4, -0.2) is 49.1 Å². The molecule has 1 aliphatic heterocycles. The van der Waals surface area contributed by atoms with E-state index in [2.05, 4.69) is 46.5 Å². The van der Waals surface area contributed by atoms with E-state index in [-0.39, 0.29) is 12.2 Å². The molecule has 0 saturated carbocycles. The van der Waals surface area contributed by atoms with Gasteiger partial charge in [-0.2, -0.15) is 0 Å². The largest absolute Gasteiger partial charge is 0.474 e. The lowest BCUT2D eigenvalue weighted by Gasteiger charge is -2.42. The summed E-state index contributed by atoms with van der Waals surface area (Å²) in [6.45, 7) is 21.3. The number of hydrogen-bond acceptors (Lipinski definition) is 5. The molecule has 0 spiro atoms. The number of carbonyl (C=O) groups is 1. The van der Waals surface area contributed by atoms with Crippen molar-refractivity contribution in [2.45, 2.75) is 110 Å². The Balaban J connectivity index is 1.95. The summed E-state index contributed by atoms with van der Waals surface area (Å²) < 4.78 is 18.4. The van der Waals surface area contributed by atoms with Gasteiger partial charge in [-0.3, -0.25) is 0 Å². The Labute approximate surface area is 196 Å². The van der Waals surface area contributed by atoms with Crippen LogP contribution in [0.2, 0.25) is 16.6 Å². The van der Waals surface area contributed by atoms with Crippen molar-refractivity contribution < 1.29 is 18.7 Å². The van der Waals surface area contributed by atoms with E-state index in [0.717, 1.165) is 18.4 Å². The van der Waals surface area contributed by atoms with Gasteiger partial charge in [0.05, 0.1) is 6.61 Å². The molecule has 0 aliphatic carbocycles. The highest BCUT2D eigenvalue weighted by Gasteiger charge is 2.45. The van der Waals surface area contributed by atoms with Gasteiger partial charge in [0.15, 0.2) is 0 Å². The van der Waals surface area contributed by atoms with Gasteiger partial charge in [0, 0.05) is 38.2 Å². The first-order valence-electron chi connectivity index (χ1n) is 12.1. The van der Waals surface area contributed by atoms with Crippen LogP contribution in [0.5, 0.6) is 5.88 Å². The number of piperidine rings is 1. The van der Waals surface area contributed by atoms with Crippen LogP contribution in [0.3, 0.4) is 0 Å². The van der Waals surface area contributed by atoms with Crippen molar-refractivity contribution in [1.29, 1.82) is 0 Å². The molecule has 1 aromatic heterocycles. The van der Waals surface area contributed by atoms with Crippen LogP contribution < -0.4 is 4.74 Å². The van der Waals surface area contributed by atoms with Crippen molar-refractivity contribution in [2.75, 3.05) is 13.1 Å². The molecule has 1 aliphatic rings. The predicted molar refractivity (Wildman–Crippen MR) is 132 cm³/mol. The summed E-state index contributed by atoms with van der Waals surface area (Å²) in [5, 5.41) is 0. The van der Waals surface area contributed by atoms with Crippen LogP contribution in [0.25, 0.3) is 0 Å². The van der Waals surface area contributed by atoms with E-state index in [0.29, 0.717) is 42.2 Å². The summed E-state index contributed by atoms with van der Waals surface area (Å²) >= 11 is 0. The lowest BCUT2D eigenvalue weighted by Crippen LogP contribution is -2.47. The third kappa shape index (κ3) is 6.95. The second kappa shape index (κ2) is 11.0. The number of pyridine rings is 1. The number of nitrogens with zero attached hydrogens (tertiary/aromatic N) is 2. The van der Waals surface area contributed by atoms with E-state index in [1.165, 1.54) is 0 Å². The van der Waals surface area contributed by atoms with Crippen molar-refractivity contribution in [1.82, 2.24) is 9.88 Å². The van der Waals surface area contributed by atoms with Gasteiger partial charge in [0.2, 0.25) is 14.2 Å². The number of rotatable bonds is 8. The molecule has 0 atom stereocenters. The molecule has 6 nitrogen and oxygen atoms in total. The molecule has 2 rings (SSSR count). The van der Waals surface area contributed by atoms with Crippen LogP contribution in [0, 0.1) is 0 Å². The highest BCUT2D eigenvalue weighted by Crippen LogP contribution is 2.42. The molecule has 0 bridgehead atoms. The van der Waals surface area contributed by atoms with Crippen molar-refractivity contribution in [2.24, 2.45) is 0 Å². The molecule has 0 radical (unpaired) electrons. The van der Waals surface area contributed by atoms with E-state index in [9.17, 15) is 4.79 Å². The third-order valence-corrected chi connectivity index (χ3v) is 12.4. The molecule has 182 valence electrons. The minimum atomic E-state index is -1.92. The maximum atomic E-state index is 12.3. The maximum absolute atomic E-state index is 12.3. The Morgan fingerprint density at radius 1 is 1.09 bits per heavy atom. The molecule has 32 heavy (non-hydrogen) atoms. The molecule has 0 N–H and O–H groups in total. The zero-order chi connectivity index (χ0) is 24.1. The number of likely N-dealkylation sites (tertiary alicyclic amines) is 1. The smallest absolute Gasteiger partial charge is 0.410 e. The predicted octanol–water partition coefficient (Wildman–Crippen LogP) is 6.55. The fourth-order valence-corrected chi connectivity index (χ4v) is 10.4. The summed E-state index contributed by atoms with van der Waals surface area (Å²) in [4.78, 5) is 18.4. The average Bonchev–Trinajstić information content (AvgIpc) is 2.67.